The summed E-state index contributed by atoms with van der Waals surface area (Å²) < 4.78 is 5.39. The first-order valence-corrected chi connectivity index (χ1v) is 8.56. The molecule has 0 radical (unpaired) electrons. The van der Waals surface area contributed by atoms with Crippen LogP contribution in [-0.4, -0.2) is 55.2 Å². The van der Waals surface area contributed by atoms with Crippen molar-refractivity contribution in [3.8, 4) is 0 Å². The standard InChI is InChI=1S/C17H27N5O/c1-14-4-3-7-22(13-14)17(18)19-12-15-5-2-6-16(20-15)21-8-10-23-11-9-21/h2,5-6,14H,3-4,7-13H2,1H3,(H2,18,19). The first-order chi connectivity index (χ1) is 11.2. The van der Waals surface area contributed by atoms with Gasteiger partial charge in [0.05, 0.1) is 25.5 Å². The van der Waals surface area contributed by atoms with Gasteiger partial charge in [-0.2, -0.15) is 0 Å². The van der Waals surface area contributed by atoms with Gasteiger partial charge in [-0.15, -0.1) is 0 Å². The summed E-state index contributed by atoms with van der Waals surface area (Å²) in [5.74, 6) is 2.35. The van der Waals surface area contributed by atoms with Crippen LogP contribution in [0.3, 0.4) is 0 Å². The van der Waals surface area contributed by atoms with Crippen molar-refractivity contribution >= 4 is 11.8 Å². The highest BCUT2D eigenvalue weighted by Gasteiger charge is 2.17. The van der Waals surface area contributed by atoms with E-state index < -0.39 is 0 Å². The minimum atomic E-state index is 0.537. The summed E-state index contributed by atoms with van der Waals surface area (Å²) in [4.78, 5) is 13.7. The van der Waals surface area contributed by atoms with Crippen molar-refractivity contribution in [2.24, 2.45) is 16.6 Å². The Bertz CT molecular complexity index is 542. The Morgan fingerprint density at radius 3 is 2.96 bits per heavy atom. The number of aromatic nitrogens is 1. The second-order valence-corrected chi connectivity index (χ2v) is 6.45. The molecule has 0 saturated carbocycles. The van der Waals surface area contributed by atoms with Gasteiger partial charge < -0.3 is 20.3 Å². The predicted molar refractivity (Wildman–Crippen MR) is 92.6 cm³/mol. The molecule has 1 aromatic heterocycles. The van der Waals surface area contributed by atoms with Gasteiger partial charge >= 0.3 is 0 Å². The molecular weight excluding hydrogens is 290 g/mol. The number of likely N-dealkylation sites (tertiary alicyclic amines) is 1. The Morgan fingerprint density at radius 1 is 1.35 bits per heavy atom. The minimum absolute atomic E-state index is 0.537. The number of hydrogen-bond acceptors (Lipinski definition) is 4. The average Bonchev–Trinajstić information content (AvgIpc) is 2.61. The Kier molecular flexibility index (Phi) is 5.33. The molecule has 2 aliphatic heterocycles. The topological polar surface area (TPSA) is 67.0 Å². The number of aliphatic imine (C=N–C) groups is 1. The number of pyridine rings is 1. The van der Waals surface area contributed by atoms with Crippen LogP contribution in [0.4, 0.5) is 5.82 Å². The van der Waals surface area contributed by atoms with Crippen LogP contribution >= 0.6 is 0 Å². The Hall–Kier alpha value is -1.82. The van der Waals surface area contributed by atoms with Gasteiger partial charge in [-0.3, -0.25) is 0 Å². The van der Waals surface area contributed by atoms with Crippen LogP contribution in [0.25, 0.3) is 0 Å². The molecule has 2 saturated heterocycles. The summed E-state index contributed by atoms with van der Waals surface area (Å²) in [5.41, 5.74) is 7.12. The molecule has 23 heavy (non-hydrogen) atoms. The van der Waals surface area contributed by atoms with Crippen LogP contribution in [0.1, 0.15) is 25.5 Å². The third-order valence-electron chi connectivity index (χ3n) is 4.51. The lowest BCUT2D eigenvalue weighted by Crippen LogP contribution is -2.43. The molecule has 2 aliphatic rings. The van der Waals surface area contributed by atoms with Crippen LogP contribution in [0.5, 0.6) is 0 Å². The lowest BCUT2D eigenvalue weighted by molar-refractivity contribution is 0.122. The quantitative estimate of drug-likeness (QED) is 0.675. The molecule has 0 amide bonds. The number of nitrogens with zero attached hydrogens (tertiary/aromatic N) is 4. The van der Waals surface area contributed by atoms with Crippen molar-refractivity contribution in [3.05, 3.63) is 23.9 Å². The van der Waals surface area contributed by atoms with E-state index in [1.807, 2.05) is 18.2 Å². The van der Waals surface area contributed by atoms with Gasteiger partial charge in [0.2, 0.25) is 0 Å². The van der Waals surface area contributed by atoms with Crippen LogP contribution in [0.2, 0.25) is 0 Å². The highest BCUT2D eigenvalue weighted by Crippen LogP contribution is 2.16. The maximum Gasteiger partial charge on any atom is 0.191 e. The third-order valence-corrected chi connectivity index (χ3v) is 4.51. The van der Waals surface area contributed by atoms with E-state index in [-0.39, 0.29) is 0 Å². The summed E-state index contributed by atoms with van der Waals surface area (Å²) >= 11 is 0. The highest BCUT2D eigenvalue weighted by molar-refractivity contribution is 5.78. The summed E-state index contributed by atoms with van der Waals surface area (Å²) in [6, 6.07) is 6.11. The van der Waals surface area contributed by atoms with Gasteiger partial charge in [-0.05, 0) is 30.9 Å². The van der Waals surface area contributed by atoms with E-state index >= 15 is 0 Å². The second-order valence-electron chi connectivity index (χ2n) is 6.45. The number of ether oxygens (including phenoxy) is 1. The Balaban J connectivity index is 1.62. The smallest absolute Gasteiger partial charge is 0.191 e. The zero-order chi connectivity index (χ0) is 16.1. The summed E-state index contributed by atoms with van der Waals surface area (Å²) in [6.07, 6.45) is 2.48. The zero-order valence-electron chi connectivity index (χ0n) is 13.9. The monoisotopic (exact) mass is 317 g/mol. The largest absolute Gasteiger partial charge is 0.378 e. The molecular formula is C17H27N5O. The van der Waals surface area contributed by atoms with E-state index in [1.165, 1.54) is 12.8 Å². The molecule has 3 rings (SSSR count). The van der Waals surface area contributed by atoms with E-state index in [2.05, 4.69) is 21.7 Å². The fraction of sp³-hybridized carbons (Fsp3) is 0.647. The molecule has 1 unspecified atom stereocenters. The number of rotatable bonds is 3. The number of guanidine groups is 1. The number of piperidine rings is 1. The fourth-order valence-electron chi connectivity index (χ4n) is 3.18. The fourth-order valence-corrected chi connectivity index (χ4v) is 3.18. The maximum atomic E-state index is 6.16. The molecule has 6 heteroatoms. The van der Waals surface area contributed by atoms with Gasteiger partial charge in [0.15, 0.2) is 5.96 Å². The van der Waals surface area contributed by atoms with Crippen molar-refractivity contribution in [1.82, 2.24) is 9.88 Å². The lowest BCUT2D eigenvalue weighted by atomic mass is 10.0. The molecule has 0 aromatic carbocycles. The van der Waals surface area contributed by atoms with E-state index in [0.29, 0.717) is 18.4 Å². The van der Waals surface area contributed by atoms with Gasteiger partial charge in [0.1, 0.15) is 5.82 Å². The van der Waals surface area contributed by atoms with Gasteiger partial charge in [0.25, 0.3) is 0 Å². The molecule has 1 atom stereocenters. The first-order valence-electron chi connectivity index (χ1n) is 8.56. The van der Waals surface area contributed by atoms with Crippen molar-refractivity contribution in [2.45, 2.75) is 26.3 Å². The average molecular weight is 317 g/mol. The zero-order valence-corrected chi connectivity index (χ0v) is 13.9. The van der Waals surface area contributed by atoms with Crippen molar-refractivity contribution in [2.75, 3.05) is 44.3 Å². The van der Waals surface area contributed by atoms with E-state index in [4.69, 9.17) is 15.5 Å². The van der Waals surface area contributed by atoms with E-state index in [0.717, 1.165) is 50.9 Å². The first kappa shape index (κ1) is 16.1. The molecule has 0 aliphatic carbocycles. The molecule has 6 nitrogen and oxygen atoms in total. The maximum absolute atomic E-state index is 6.16. The number of morpholine rings is 1. The molecule has 3 heterocycles. The number of hydrogen-bond donors (Lipinski definition) is 1. The van der Waals surface area contributed by atoms with E-state index in [9.17, 15) is 0 Å². The van der Waals surface area contributed by atoms with Crippen LogP contribution in [0, 0.1) is 5.92 Å². The molecule has 0 bridgehead atoms. The summed E-state index contributed by atoms with van der Waals surface area (Å²) in [5, 5.41) is 0. The molecule has 126 valence electrons. The minimum Gasteiger partial charge on any atom is -0.378 e. The predicted octanol–water partition coefficient (Wildman–Crippen LogP) is 1.46. The second kappa shape index (κ2) is 7.64. The highest BCUT2D eigenvalue weighted by atomic mass is 16.5. The Morgan fingerprint density at radius 2 is 2.17 bits per heavy atom. The third kappa shape index (κ3) is 4.34. The summed E-state index contributed by atoms with van der Waals surface area (Å²) in [6.45, 7) is 8.16. The number of nitrogens with two attached hydrogens (primary N) is 1. The Labute approximate surface area is 138 Å². The van der Waals surface area contributed by atoms with E-state index in [1.54, 1.807) is 0 Å². The van der Waals surface area contributed by atoms with Crippen LogP contribution < -0.4 is 10.6 Å². The van der Waals surface area contributed by atoms with Gasteiger partial charge in [0, 0.05) is 26.2 Å². The lowest BCUT2D eigenvalue weighted by Gasteiger charge is -2.31. The van der Waals surface area contributed by atoms with Crippen molar-refractivity contribution < 1.29 is 4.74 Å². The van der Waals surface area contributed by atoms with Gasteiger partial charge in [-0.25, -0.2) is 9.98 Å². The SMILES string of the molecule is CC1CCCN(C(N)=NCc2cccc(N3CCOCC3)n2)C1. The molecule has 0 spiro atoms. The van der Waals surface area contributed by atoms with Crippen molar-refractivity contribution in [3.63, 3.8) is 0 Å². The van der Waals surface area contributed by atoms with Crippen molar-refractivity contribution in [1.29, 1.82) is 0 Å². The molecule has 1 aromatic rings. The summed E-state index contributed by atoms with van der Waals surface area (Å²) in [7, 11) is 0. The number of anilines is 1. The molecule has 2 fully saturated rings. The van der Waals surface area contributed by atoms with Crippen LogP contribution in [0.15, 0.2) is 23.2 Å². The molecule has 2 N–H and O–H groups in total. The normalized spacial score (nSPS) is 23.2. The van der Waals surface area contributed by atoms with Crippen LogP contribution in [-0.2, 0) is 11.3 Å². The van der Waals surface area contributed by atoms with Gasteiger partial charge in [-0.1, -0.05) is 13.0 Å².